The number of halogens is 2. The van der Waals surface area contributed by atoms with E-state index >= 15 is 0 Å². The number of hydrogen-bond donors (Lipinski definition) is 0. The summed E-state index contributed by atoms with van der Waals surface area (Å²) in [4.78, 5) is 0. The molecule has 0 nitrogen and oxygen atoms in total. The third-order valence-electron chi connectivity index (χ3n) is 1.01. The van der Waals surface area contributed by atoms with Gasteiger partial charge in [0.25, 0.3) is 0 Å². The molecule has 1 aromatic rings. The van der Waals surface area contributed by atoms with Gasteiger partial charge in [0, 0.05) is 0 Å². The van der Waals surface area contributed by atoms with E-state index in [0.29, 0.717) is 0 Å². The van der Waals surface area contributed by atoms with Crippen molar-refractivity contribution in [3.05, 3.63) is 27.1 Å². The molecule has 0 bridgehead atoms. The number of rotatable bonds is 0. The molecule has 0 N–H and O–H groups in total. The molecule has 0 aliphatic carbocycles. The van der Waals surface area contributed by atoms with Crippen LogP contribution in [0.3, 0.4) is 0 Å². The van der Waals surface area contributed by atoms with E-state index in [2.05, 4.69) is 61.7 Å². The van der Waals surface area contributed by atoms with Gasteiger partial charge < -0.3 is 0 Å². The molecule has 0 aliphatic rings. The second kappa shape index (κ2) is 3.25. The molecule has 1 aromatic carbocycles. The van der Waals surface area contributed by atoms with Crippen LogP contribution in [0.2, 0.25) is 0 Å². The standard InChI is InChI=1S/C6H3Br2.Li/c7-5-2-1-3-6(8)4-5;/h2-4H;. The van der Waals surface area contributed by atoms with Crippen LogP contribution in [0.25, 0.3) is 0 Å². The summed E-state index contributed by atoms with van der Waals surface area (Å²) in [7, 11) is 0. The van der Waals surface area contributed by atoms with Gasteiger partial charge in [0.15, 0.2) is 0 Å². The Kier molecular flexibility index (Phi) is 2.85. The summed E-state index contributed by atoms with van der Waals surface area (Å²) in [5.41, 5.74) is 0. The van der Waals surface area contributed by atoms with E-state index in [1.54, 1.807) is 0 Å². The van der Waals surface area contributed by atoms with E-state index in [9.17, 15) is 0 Å². The monoisotopic (exact) mass is 240 g/mol. The van der Waals surface area contributed by atoms with Gasteiger partial charge >= 0.3 is 81.0 Å². The first kappa shape index (κ1) is 7.88. The second-order valence-corrected chi connectivity index (χ2v) is 3.78. The molecule has 0 radical (unpaired) electrons. The van der Waals surface area contributed by atoms with Crippen LogP contribution in [0, 0.1) is 0 Å². The fourth-order valence-corrected chi connectivity index (χ4v) is 2.21. The van der Waals surface area contributed by atoms with E-state index in [1.807, 2.05) is 6.07 Å². The summed E-state index contributed by atoms with van der Waals surface area (Å²) in [6.45, 7) is 0. The molecule has 9 heavy (non-hydrogen) atoms. The fourth-order valence-electron chi connectivity index (χ4n) is 0.692. The van der Waals surface area contributed by atoms with Crippen molar-refractivity contribution in [3.8, 4) is 0 Å². The summed E-state index contributed by atoms with van der Waals surface area (Å²) in [5.74, 6) is 0. The molecule has 0 aliphatic heterocycles. The normalized spacial score (nSPS) is 9.78. The Morgan fingerprint density at radius 3 is 1.78 bits per heavy atom. The fraction of sp³-hybridized carbons (Fsp3) is 0. The molecule has 3 heteroatoms. The van der Waals surface area contributed by atoms with Crippen molar-refractivity contribution < 1.29 is 0 Å². The van der Waals surface area contributed by atoms with Crippen LogP contribution in [0.15, 0.2) is 27.1 Å². The van der Waals surface area contributed by atoms with Crippen molar-refractivity contribution in [3.63, 3.8) is 0 Å². The number of benzene rings is 1. The topological polar surface area (TPSA) is 0 Å². The zero-order chi connectivity index (χ0) is 6.85. The Morgan fingerprint density at radius 2 is 1.44 bits per heavy atom. The van der Waals surface area contributed by atoms with Gasteiger partial charge in [-0.2, -0.15) is 0 Å². The van der Waals surface area contributed by atoms with Crippen molar-refractivity contribution in [2.24, 2.45) is 0 Å². The van der Waals surface area contributed by atoms with Gasteiger partial charge in [-0.25, -0.2) is 0 Å². The number of hydrogen-bond acceptors (Lipinski definition) is 0. The Bertz CT molecular complexity index is 172. The first-order chi connectivity index (χ1) is 4.18. The summed E-state index contributed by atoms with van der Waals surface area (Å²) in [5, 5.41) is 0. The molecule has 42 valence electrons. The molecule has 0 amide bonds. The Morgan fingerprint density at radius 1 is 1.00 bits per heavy atom. The molecule has 0 spiro atoms. The summed E-state index contributed by atoms with van der Waals surface area (Å²) >= 11 is 8.83. The van der Waals surface area contributed by atoms with Gasteiger partial charge in [0.1, 0.15) is 0 Å². The van der Waals surface area contributed by atoms with Gasteiger partial charge in [-0.05, 0) is 0 Å². The van der Waals surface area contributed by atoms with Crippen LogP contribution < -0.4 is 4.24 Å². The summed E-state index contributed by atoms with van der Waals surface area (Å²) < 4.78 is 3.50. The molecular formula is C6H3Br2Li. The van der Waals surface area contributed by atoms with Gasteiger partial charge in [-0.15, -0.1) is 0 Å². The van der Waals surface area contributed by atoms with Crippen molar-refractivity contribution >= 4 is 53.8 Å². The van der Waals surface area contributed by atoms with Crippen LogP contribution in [-0.2, 0) is 0 Å². The first-order valence-corrected chi connectivity index (χ1v) is 4.20. The van der Waals surface area contributed by atoms with E-state index in [1.165, 1.54) is 4.24 Å². The van der Waals surface area contributed by atoms with Crippen LogP contribution in [-0.4, -0.2) is 17.7 Å². The molecule has 0 fully saturated rings. The summed E-state index contributed by atoms with van der Waals surface area (Å²) in [6, 6.07) is 6.17. The van der Waals surface area contributed by atoms with Crippen molar-refractivity contribution in [1.29, 1.82) is 0 Å². The van der Waals surface area contributed by atoms with Crippen molar-refractivity contribution in [2.45, 2.75) is 0 Å². The molecule has 1 rings (SSSR count). The van der Waals surface area contributed by atoms with E-state index in [-0.39, 0.29) is 0 Å². The predicted molar refractivity (Wildman–Crippen MR) is 47.2 cm³/mol. The molecule has 0 atom stereocenters. The summed E-state index contributed by atoms with van der Waals surface area (Å²) in [6.07, 6.45) is 0. The average molecular weight is 242 g/mol. The molecule has 0 unspecified atom stereocenters. The average Bonchev–Trinajstić information content (AvgIpc) is 1.59. The molecule has 0 saturated heterocycles. The minimum absolute atomic E-state index is 1.12. The first-order valence-electron chi connectivity index (χ1n) is 2.61. The Balaban J connectivity index is 3.17. The van der Waals surface area contributed by atoms with Gasteiger partial charge in [-0.1, -0.05) is 0 Å². The van der Waals surface area contributed by atoms with E-state index < -0.39 is 0 Å². The second-order valence-electron chi connectivity index (χ2n) is 1.95. The van der Waals surface area contributed by atoms with Gasteiger partial charge in [-0.3, -0.25) is 0 Å². The third-order valence-corrected chi connectivity index (χ3v) is 1.92. The molecule has 0 heterocycles. The van der Waals surface area contributed by atoms with Crippen LogP contribution in [0.4, 0.5) is 0 Å². The van der Waals surface area contributed by atoms with Crippen LogP contribution >= 0.6 is 31.9 Å². The van der Waals surface area contributed by atoms with Gasteiger partial charge in [0.05, 0.1) is 0 Å². The molecular weight excluding hydrogens is 239 g/mol. The molecule has 0 saturated carbocycles. The minimum atomic E-state index is 1.12. The quantitative estimate of drug-likeness (QED) is 0.610. The predicted octanol–water partition coefficient (Wildman–Crippen LogP) is 2.01. The van der Waals surface area contributed by atoms with Crippen LogP contribution in [0.1, 0.15) is 0 Å². The van der Waals surface area contributed by atoms with Crippen LogP contribution in [0.5, 0.6) is 0 Å². The van der Waals surface area contributed by atoms with E-state index in [0.717, 1.165) is 8.95 Å². The van der Waals surface area contributed by atoms with Crippen molar-refractivity contribution in [2.75, 3.05) is 0 Å². The van der Waals surface area contributed by atoms with Gasteiger partial charge in [0.2, 0.25) is 0 Å². The van der Waals surface area contributed by atoms with Crippen molar-refractivity contribution in [1.82, 2.24) is 0 Å². The Hall–Kier alpha value is 0.777. The zero-order valence-corrected chi connectivity index (χ0v) is 8.16. The molecule has 0 aromatic heterocycles. The van der Waals surface area contributed by atoms with E-state index in [4.69, 9.17) is 0 Å². The Labute approximate surface area is 80.5 Å². The maximum atomic E-state index is 3.38. The zero-order valence-electron chi connectivity index (χ0n) is 4.99. The SMILES string of the molecule is [Li][c]1cc(Br)cc(Br)c1. The maximum absolute atomic E-state index is 3.38. The third kappa shape index (κ3) is 2.47.